The number of nitrogens with one attached hydrogen (secondary N) is 1. The molecule has 7 heteroatoms. The summed E-state index contributed by atoms with van der Waals surface area (Å²) in [6.45, 7) is 2.41. The molecule has 7 nitrogen and oxygen atoms in total. The van der Waals surface area contributed by atoms with Crippen LogP contribution in [0, 0.1) is 0 Å². The van der Waals surface area contributed by atoms with Crippen LogP contribution < -0.4 is 11.1 Å². The van der Waals surface area contributed by atoms with Crippen LogP contribution in [0.25, 0.3) is 0 Å². The van der Waals surface area contributed by atoms with Gasteiger partial charge in [0.2, 0.25) is 0 Å². The maximum Gasteiger partial charge on any atom is 0.269 e. The van der Waals surface area contributed by atoms with Crippen molar-refractivity contribution >= 4 is 11.7 Å². The van der Waals surface area contributed by atoms with Crippen molar-refractivity contribution in [3.63, 3.8) is 0 Å². The van der Waals surface area contributed by atoms with Gasteiger partial charge in [0.05, 0.1) is 25.9 Å². The average molecular weight is 238 g/mol. The number of rotatable bonds is 4. The van der Waals surface area contributed by atoms with E-state index < -0.39 is 5.91 Å². The quantitative estimate of drug-likeness (QED) is 0.726. The highest BCUT2D eigenvalue weighted by Crippen LogP contribution is 2.05. The molecule has 0 aromatic carbocycles. The number of nitrogens with zero attached hydrogens (tertiary/aromatic N) is 2. The van der Waals surface area contributed by atoms with Gasteiger partial charge in [-0.2, -0.15) is 0 Å². The molecule has 1 aromatic heterocycles. The molecule has 1 amide bonds. The third-order valence-electron chi connectivity index (χ3n) is 2.31. The largest absolute Gasteiger partial charge is 0.376 e. The van der Waals surface area contributed by atoms with Crippen molar-refractivity contribution in [1.29, 1.82) is 0 Å². The molecular formula is C10H14N4O3. The number of nitrogens with two attached hydrogens (primary N) is 1. The molecule has 1 unspecified atom stereocenters. The van der Waals surface area contributed by atoms with Crippen LogP contribution in [0.3, 0.4) is 0 Å². The Morgan fingerprint density at radius 1 is 1.47 bits per heavy atom. The number of carbonyl (C=O) groups is 1. The number of primary amides is 1. The molecule has 3 N–H and O–H groups in total. The molecule has 1 aliphatic heterocycles. The van der Waals surface area contributed by atoms with Gasteiger partial charge in [-0.3, -0.25) is 4.79 Å². The lowest BCUT2D eigenvalue weighted by molar-refractivity contribution is -0.0819. The summed E-state index contributed by atoms with van der Waals surface area (Å²) < 4.78 is 10.7. The Labute approximate surface area is 98.3 Å². The number of carbonyl (C=O) groups excluding carboxylic acids is 1. The molecule has 0 spiro atoms. The topological polar surface area (TPSA) is 99.4 Å². The van der Waals surface area contributed by atoms with Crippen molar-refractivity contribution in [3.05, 3.63) is 17.8 Å². The van der Waals surface area contributed by atoms with Crippen molar-refractivity contribution in [1.82, 2.24) is 10.2 Å². The van der Waals surface area contributed by atoms with Crippen molar-refractivity contribution < 1.29 is 14.3 Å². The summed E-state index contributed by atoms with van der Waals surface area (Å²) in [6, 6.07) is 3.17. The molecule has 2 heterocycles. The Bertz CT molecular complexity index is 376. The number of anilines is 1. The first kappa shape index (κ1) is 11.7. The summed E-state index contributed by atoms with van der Waals surface area (Å²) in [5.41, 5.74) is 5.20. The summed E-state index contributed by atoms with van der Waals surface area (Å²) >= 11 is 0. The van der Waals surface area contributed by atoms with Gasteiger partial charge in [0, 0.05) is 6.54 Å². The van der Waals surface area contributed by atoms with E-state index in [0.717, 1.165) is 0 Å². The monoisotopic (exact) mass is 238 g/mol. The lowest BCUT2D eigenvalue weighted by Gasteiger charge is -2.23. The minimum Gasteiger partial charge on any atom is -0.376 e. The molecule has 1 fully saturated rings. The van der Waals surface area contributed by atoms with Crippen LogP contribution in [0.2, 0.25) is 0 Å². The minimum atomic E-state index is -0.590. The fourth-order valence-corrected chi connectivity index (χ4v) is 1.43. The predicted octanol–water partition coefficient (Wildman–Crippen LogP) is -0.597. The van der Waals surface area contributed by atoms with E-state index in [4.69, 9.17) is 15.2 Å². The second-order valence-corrected chi connectivity index (χ2v) is 3.62. The van der Waals surface area contributed by atoms with Crippen LogP contribution in [0.1, 0.15) is 10.5 Å². The molecule has 2 rings (SSSR count). The van der Waals surface area contributed by atoms with E-state index in [1.54, 1.807) is 6.07 Å². The second kappa shape index (κ2) is 5.55. The standard InChI is InChI=1S/C10H14N4O3/c11-10(15)8-1-2-9(14-13-8)12-5-7-6-16-3-4-17-7/h1-2,7H,3-6H2,(H2,11,15)(H,12,14). The van der Waals surface area contributed by atoms with Crippen LogP contribution in [0.15, 0.2) is 12.1 Å². The summed E-state index contributed by atoms with van der Waals surface area (Å²) in [5, 5.41) is 10.6. The smallest absolute Gasteiger partial charge is 0.269 e. The highest BCUT2D eigenvalue weighted by molar-refractivity contribution is 5.90. The van der Waals surface area contributed by atoms with Gasteiger partial charge in [-0.05, 0) is 12.1 Å². The maximum absolute atomic E-state index is 10.8. The lowest BCUT2D eigenvalue weighted by atomic mass is 10.3. The first-order chi connectivity index (χ1) is 8.25. The van der Waals surface area contributed by atoms with Crippen LogP contribution in [0.5, 0.6) is 0 Å². The van der Waals surface area contributed by atoms with E-state index in [2.05, 4.69) is 15.5 Å². The fraction of sp³-hybridized carbons (Fsp3) is 0.500. The highest BCUT2D eigenvalue weighted by Gasteiger charge is 2.14. The normalized spacial score (nSPS) is 19.9. The number of amides is 1. The van der Waals surface area contributed by atoms with Gasteiger partial charge in [-0.15, -0.1) is 10.2 Å². The Hall–Kier alpha value is -1.73. The van der Waals surface area contributed by atoms with Gasteiger partial charge in [0.1, 0.15) is 5.82 Å². The van der Waals surface area contributed by atoms with E-state index in [0.29, 0.717) is 32.2 Å². The van der Waals surface area contributed by atoms with Gasteiger partial charge < -0.3 is 20.5 Å². The van der Waals surface area contributed by atoms with Crippen molar-refractivity contribution in [2.75, 3.05) is 31.7 Å². The van der Waals surface area contributed by atoms with Crippen molar-refractivity contribution in [2.45, 2.75) is 6.10 Å². The van der Waals surface area contributed by atoms with Crippen LogP contribution in [-0.2, 0) is 9.47 Å². The number of ether oxygens (including phenoxy) is 2. The van der Waals surface area contributed by atoms with Crippen LogP contribution >= 0.6 is 0 Å². The second-order valence-electron chi connectivity index (χ2n) is 3.62. The molecule has 0 radical (unpaired) electrons. The van der Waals surface area contributed by atoms with E-state index in [9.17, 15) is 4.79 Å². The number of hydrogen-bond donors (Lipinski definition) is 2. The van der Waals surface area contributed by atoms with E-state index in [1.165, 1.54) is 6.07 Å². The number of aromatic nitrogens is 2. The molecule has 1 aliphatic rings. The summed E-state index contributed by atoms with van der Waals surface area (Å²) in [7, 11) is 0. The van der Waals surface area contributed by atoms with Gasteiger partial charge in [-0.1, -0.05) is 0 Å². The molecule has 1 saturated heterocycles. The first-order valence-corrected chi connectivity index (χ1v) is 5.32. The minimum absolute atomic E-state index is 0.0152. The summed E-state index contributed by atoms with van der Waals surface area (Å²) in [4.78, 5) is 10.8. The molecule has 0 saturated carbocycles. The third-order valence-corrected chi connectivity index (χ3v) is 2.31. The highest BCUT2D eigenvalue weighted by atomic mass is 16.6. The maximum atomic E-state index is 10.8. The number of hydrogen-bond acceptors (Lipinski definition) is 6. The van der Waals surface area contributed by atoms with E-state index in [1.807, 2.05) is 0 Å². The van der Waals surface area contributed by atoms with Gasteiger partial charge >= 0.3 is 0 Å². The molecule has 1 aromatic rings. The predicted molar refractivity (Wildman–Crippen MR) is 59.6 cm³/mol. The van der Waals surface area contributed by atoms with E-state index >= 15 is 0 Å². The Balaban J connectivity index is 1.84. The SMILES string of the molecule is NC(=O)c1ccc(NCC2COCCO2)nn1. The zero-order valence-corrected chi connectivity index (χ0v) is 9.26. The molecule has 17 heavy (non-hydrogen) atoms. The molecule has 0 bridgehead atoms. The zero-order chi connectivity index (χ0) is 12.1. The Kier molecular flexibility index (Phi) is 3.84. The van der Waals surface area contributed by atoms with Gasteiger partial charge in [-0.25, -0.2) is 0 Å². The van der Waals surface area contributed by atoms with Crippen molar-refractivity contribution in [3.8, 4) is 0 Å². The van der Waals surface area contributed by atoms with Crippen LogP contribution in [0.4, 0.5) is 5.82 Å². The Morgan fingerprint density at radius 2 is 2.35 bits per heavy atom. The van der Waals surface area contributed by atoms with Crippen molar-refractivity contribution in [2.24, 2.45) is 5.73 Å². The Morgan fingerprint density at radius 3 is 2.94 bits per heavy atom. The molecular weight excluding hydrogens is 224 g/mol. The third kappa shape index (κ3) is 3.36. The fourth-order valence-electron chi connectivity index (χ4n) is 1.43. The van der Waals surface area contributed by atoms with Crippen LogP contribution in [-0.4, -0.2) is 48.6 Å². The summed E-state index contributed by atoms with van der Waals surface area (Å²) in [5.74, 6) is -0.0164. The molecule has 1 atom stereocenters. The molecule has 0 aliphatic carbocycles. The first-order valence-electron chi connectivity index (χ1n) is 5.32. The van der Waals surface area contributed by atoms with Gasteiger partial charge in [0.25, 0.3) is 5.91 Å². The zero-order valence-electron chi connectivity index (χ0n) is 9.26. The summed E-state index contributed by atoms with van der Waals surface area (Å²) in [6.07, 6.45) is 0.0152. The average Bonchev–Trinajstić information content (AvgIpc) is 2.38. The lowest BCUT2D eigenvalue weighted by Crippen LogP contribution is -2.34. The van der Waals surface area contributed by atoms with Gasteiger partial charge in [0.15, 0.2) is 5.69 Å². The van der Waals surface area contributed by atoms with E-state index in [-0.39, 0.29) is 11.8 Å². The molecule has 92 valence electrons.